The Kier molecular flexibility index (Phi) is 7.62. The van der Waals surface area contributed by atoms with Crippen molar-refractivity contribution in [2.75, 3.05) is 25.2 Å². The van der Waals surface area contributed by atoms with Gasteiger partial charge in [-0.3, -0.25) is 14.3 Å². The maximum Gasteiger partial charge on any atom is 0.231 e. The highest BCUT2D eigenvalue weighted by Gasteiger charge is 2.22. The molecule has 0 aliphatic carbocycles. The van der Waals surface area contributed by atoms with Gasteiger partial charge in [0.05, 0.1) is 11.9 Å². The fraction of sp³-hybridized carbons (Fsp3) is 0.265. The lowest BCUT2D eigenvalue weighted by Crippen LogP contribution is -2.44. The van der Waals surface area contributed by atoms with Crippen molar-refractivity contribution in [3.8, 4) is 17.3 Å². The Morgan fingerprint density at radius 3 is 2.51 bits per heavy atom. The monoisotopic (exact) mass is 574 g/mol. The third-order valence-corrected chi connectivity index (χ3v) is 8.16. The molecule has 5 aromatic rings. The summed E-state index contributed by atoms with van der Waals surface area (Å²) in [5.41, 5.74) is 4.36. The largest absolute Gasteiger partial charge is 0.454 e. The van der Waals surface area contributed by atoms with Gasteiger partial charge in [0.25, 0.3) is 0 Å². The van der Waals surface area contributed by atoms with Crippen molar-refractivity contribution in [1.29, 1.82) is 0 Å². The topological polar surface area (TPSA) is 93.5 Å². The van der Waals surface area contributed by atoms with Crippen LogP contribution in [0, 0.1) is 0 Å². The zero-order chi connectivity index (χ0) is 29.0. The minimum atomic E-state index is 0.0542. The highest BCUT2D eigenvalue weighted by Crippen LogP contribution is 2.32. The summed E-state index contributed by atoms with van der Waals surface area (Å²) in [6, 6.07) is 28.6. The van der Waals surface area contributed by atoms with Crippen LogP contribution in [0.25, 0.3) is 16.7 Å². The number of ether oxygens (including phenoxy) is 2. The van der Waals surface area contributed by atoms with Gasteiger partial charge in [0.15, 0.2) is 17.3 Å². The van der Waals surface area contributed by atoms with E-state index in [2.05, 4.69) is 62.1 Å². The van der Waals surface area contributed by atoms with Crippen LogP contribution >= 0.6 is 0 Å². The van der Waals surface area contributed by atoms with Gasteiger partial charge in [-0.1, -0.05) is 54.6 Å². The fourth-order valence-corrected chi connectivity index (χ4v) is 5.90. The number of carbonyl (C=O) groups excluding carboxylic acids is 1. The Morgan fingerprint density at radius 1 is 0.860 bits per heavy atom. The molecule has 0 spiro atoms. The standard InChI is InChI=1S/C34H34N6O3/c41-34(36-27-14-16-39(17-15-27)21-24-6-2-1-3-7-24)19-26-22-40(29-9-5-4-8-28(26)29)33-13-12-32(37-38-33)35-20-25-10-11-30-31(18-25)43-23-42-30/h1-13,18,22,27H,14-17,19-21,23H2,(H,35,37)(H,36,41). The Labute approximate surface area is 250 Å². The molecule has 2 aromatic heterocycles. The van der Waals surface area contributed by atoms with Gasteiger partial charge < -0.3 is 20.1 Å². The van der Waals surface area contributed by atoms with Crippen molar-refractivity contribution in [2.45, 2.75) is 38.4 Å². The van der Waals surface area contributed by atoms with Gasteiger partial charge in [-0.25, -0.2) is 0 Å². The van der Waals surface area contributed by atoms with Gasteiger partial charge in [-0.05, 0) is 59.9 Å². The molecule has 0 saturated carbocycles. The van der Waals surface area contributed by atoms with Crippen molar-refractivity contribution in [3.63, 3.8) is 0 Å². The van der Waals surface area contributed by atoms with Gasteiger partial charge in [0, 0.05) is 43.8 Å². The molecule has 2 aliphatic rings. The van der Waals surface area contributed by atoms with Crippen LogP contribution in [0.3, 0.4) is 0 Å². The lowest BCUT2D eigenvalue weighted by atomic mass is 10.0. The number of anilines is 1. The number of nitrogens with zero attached hydrogens (tertiary/aromatic N) is 4. The van der Waals surface area contributed by atoms with Crippen LogP contribution in [-0.4, -0.2) is 51.5 Å². The number of para-hydroxylation sites is 1. The second-order valence-electron chi connectivity index (χ2n) is 11.1. The lowest BCUT2D eigenvalue weighted by molar-refractivity contribution is -0.121. The van der Waals surface area contributed by atoms with Crippen molar-refractivity contribution in [2.24, 2.45) is 0 Å². The zero-order valence-electron chi connectivity index (χ0n) is 23.9. The predicted molar refractivity (Wildman–Crippen MR) is 165 cm³/mol. The first-order chi connectivity index (χ1) is 21.2. The van der Waals surface area contributed by atoms with Crippen LogP contribution in [0.2, 0.25) is 0 Å². The third-order valence-electron chi connectivity index (χ3n) is 8.16. The molecule has 9 nitrogen and oxygen atoms in total. The van der Waals surface area contributed by atoms with E-state index < -0.39 is 0 Å². The van der Waals surface area contributed by atoms with Gasteiger partial charge in [-0.15, -0.1) is 10.2 Å². The molecule has 1 amide bonds. The molecule has 3 aromatic carbocycles. The van der Waals surface area contributed by atoms with Gasteiger partial charge >= 0.3 is 0 Å². The third kappa shape index (κ3) is 6.17. The molecule has 1 fully saturated rings. The molecule has 0 radical (unpaired) electrons. The number of likely N-dealkylation sites (tertiary alicyclic amines) is 1. The smallest absolute Gasteiger partial charge is 0.231 e. The zero-order valence-corrected chi connectivity index (χ0v) is 23.9. The summed E-state index contributed by atoms with van der Waals surface area (Å²) in [6.45, 7) is 3.77. The molecule has 4 heterocycles. The number of hydrogen-bond acceptors (Lipinski definition) is 7. The first-order valence-corrected chi connectivity index (χ1v) is 14.8. The van der Waals surface area contributed by atoms with E-state index in [1.807, 2.05) is 59.3 Å². The molecule has 0 unspecified atom stereocenters. The normalized spacial score (nSPS) is 15.1. The number of nitrogens with one attached hydrogen (secondary N) is 2. The number of hydrogen-bond donors (Lipinski definition) is 2. The first-order valence-electron chi connectivity index (χ1n) is 14.8. The summed E-state index contributed by atoms with van der Waals surface area (Å²) in [5.74, 6) is 2.95. The molecule has 218 valence electrons. The van der Waals surface area contributed by atoms with E-state index in [1.165, 1.54) is 5.56 Å². The van der Waals surface area contributed by atoms with Crippen LogP contribution in [0.15, 0.2) is 91.1 Å². The molecule has 2 N–H and O–H groups in total. The summed E-state index contributed by atoms with van der Waals surface area (Å²) in [6.07, 6.45) is 4.26. The van der Waals surface area contributed by atoms with Crippen molar-refractivity contribution in [1.82, 2.24) is 25.0 Å². The molecule has 0 bridgehead atoms. The minimum Gasteiger partial charge on any atom is -0.454 e. The Morgan fingerprint density at radius 2 is 1.67 bits per heavy atom. The van der Waals surface area contributed by atoms with Crippen LogP contribution in [-0.2, 0) is 24.3 Å². The van der Waals surface area contributed by atoms with Gasteiger partial charge in [-0.2, -0.15) is 0 Å². The lowest BCUT2D eigenvalue weighted by Gasteiger charge is -2.32. The number of aromatic nitrogens is 3. The summed E-state index contributed by atoms with van der Waals surface area (Å²) in [5, 5.41) is 16.6. The Balaban J connectivity index is 0.974. The van der Waals surface area contributed by atoms with Crippen LogP contribution in [0.1, 0.15) is 29.5 Å². The summed E-state index contributed by atoms with van der Waals surface area (Å²) in [4.78, 5) is 15.6. The molecule has 43 heavy (non-hydrogen) atoms. The predicted octanol–water partition coefficient (Wildman–Crippen LogP) is 5.08. The molecule has 1 saturated heterocycles. The van der Waals surface area contributed by atoms with E-state index in [-0.39, 0.29) is 18.7 Å². The SMILES string of the molecule is O=C(Cc1cn(-c2ccc(NCc3ccc4c(c3)OCO4)nn2)c2ccccc12)NC1CCN(Cc2ccccc2)CC1. The van der Waals surface area contributed by atoms with E-state index in [0.717, 1.165) is 66.0 Å². The molecular formula is C34H34N6O3. The average Bonchev–Trinajstić information content (AvgIpc) is 3.66. The van der Waals surface area contributed by atoms with E-state index in [1.54, 1.807) is 0 Å². The minimum absolute atomic E-state index is 0.0542. The number of piperidine rings is 1. The van der Waals surface area contributed by atoms with E-state index in [0.29, 0.717) is 24.6 Å². The molecule has 9 heteroatoms. The first kappa shape index (κ1) is 27.0. The maximum atomic E-state index is 13.2. The highest BCUT2D eigenvalue weighted by molar-refractivity contribution is 5.90. The molecule has 7 rings (SSSR count). The van der Waals surface area contributed by atoms with Crippen molar-refractivity contribution < 1.29 is 14.3 Å². The second kappa shape index (κ2) is 12.1. The van der Waals surface area contributed by atoms with Gasteiger partial charge in [0.2, 0.25) is 12.7 Å². The van der Waals surface area contributed by atoms with E-state index >= 15 is 0 Å². The average molecular weight is 575 g/mol. The second-order valence-corrected chi connectivity index (χ2v) is 11.1. The molecule has 0 atom stereocenters. The van der Waals surface area contributed by atoms with Crippen LogP contribution in [0.5, 0.6) is 11.5 Å². The summed E-state index contributed by atoms with van der Waals surface area (Å²) >= 11 is 0. The quantitative estimate of drug-likeness (QED) is 0.254. The van der Waals surface area contributed by atoms with E-state index in [9.17, 15) is 4.79 Å². The summed E-state index contributed by atoms with van der Waals surface area (Å²) < 4.78 is 12.9. The number of rotatable bonds is 9. The molecular weight excluding hydrogens is 540 g/mol. The molecule has 2 aliphatic heterocycles. The number of amides is 1. The van der Waals surface area contributed by atoms with Crippen molar-refractivity contribution in [3.05, 3.63) is 108 Å². The number of carbonyl (C=O) groups is 1. The highest BCUT2D eigenvalue weighted by atomic mass is 16.7. The van der Waals surface area contributed by atoms with Gasteiger partial charge in [0.1, 0.15) is 5.82 Å². The van der Waals surface area contributed by atoms with Crippen LogP contribution in [0.4, 0.5) is 5.82 Å². The number of benzene rings is 3. The summed E-state index contributed by atoms with van der Waals surface area (Å²) in [7, 11) is 0. The Bertz CT molecular complexity index is 1710. The maximum absolute atomic E-state index is 13.2. The van der Waals surface area contributed by atoms with E-state index in [4.69, 9.17) is 9.47 Å². The Hall–Kier alpha value is -4.89. The van der Waals surface area contributed by atoms with Crippen molar-refractivity contribution >= 4 is 22.6 Å². The number of fused-ring (bicyclic) bond motifs is 2. The fourth-order valence-electron chi connectivity index (χ4n) is 5.90. The van der Waals surface area contributed by atoms with Crippen LogP contribution < -0.4 is 20.1 Å².